The highest BCUT2D eigenvalue weighted by molar-refractivity contribution is 6.35. The third-order valence-corrected chi connectivity index (χ3v) is 4.33. The standard InChI is InChI=1S/C17H16Cl2N2O2/c1-11-2-5-16(20-9-11)23-13-6-7-21(10-13)17(22)14-8-12(18)3-4-15(14)19/h2-5,8-9,13H,6-7,10H2,1H3/t13-/m0/s1. The normalized spacial score (nSPS) is 17.3. The Kier molecular flexibility index (Phi) is 4.74. The van der Waals surface area contributed by atoms with E-state index >= 15 is 0 Å². The molecule has 0 unspecified atom stereocenters. The van der Waals surface area contributed by atoms with Crippen molar-refractivity contribution in [3.63, 3.8) is 0 Å². The van der Waals surface area contributed by atoms with Crippen molar-refractivity contribution in [3.8, 4) is 5.88 Å². The number of nitrogens with zero attached hydrogens (tertiary/aromatic N) is 2. The molecule has 2 aromatic rings. The molecule has 1 aromatic heterocycles. The van der Waals surface area contributed by atoms with Gasteiger partial charge < -0.3 is 9.64 Å². The second-order valence-electron chi connectivity index (χ2n) is 5.58. The first-order valence-electron chi connectivity index (χ1n) is 7.36. The van der Waals surface area contributed by atoms with E-state index < -0.39 is 0 Å². The molecule has 1 amide bonds. The topological polar surface area (TPSA) is 42.4 Å². The first-order valence-corrected chi connectivity index (χ1v) is 8.12. The zero-order valence-electron chi connectivity index (χ0n) is 12.6. The number of likely N-dealkylation sites (tertiary alicyclic amines) is 1. The summed E-state index contributed by atoms with van der Waals surface area (Å²) in [6, 6.07) is 8.69. The van der Waals surface area contributed by atoms with Gasteiger partial charge in [0.25, 0.3) is 5.91 Å². The lowest BCUT2D eigenvalue weighted by Gasteiger charge is -2.18. The molecular formula is C17H16Cl2N2O2. The molecule has 1 atom stereocenters. The number of hydrogen-bond acceptors (Lipinski definition) is 3. The monoisotopic (exact) mass is 350 g/mol. The number of hydrogen-bond donors (Lipinski definition) is 0. The summed E-state index contributed by atoms with van der Waals surface area (Å²) in [5.41, 5.74) is 1.50. The maximum absolute atomic E-state index is 12.6. The van der Waals surface area contributed by atoms with Crippen molar-refractivity contribution in [1.29, 1.82) is 0 Å². The fourth-order valence-corrected chi connectivity index (χ4v) is 2.91. The summed E-state index contributed by atoms with van der Waals surface area (Å²) >= 11 is 12.1. The van der Waals surface area contributed by atoms with Gasteiger partial charge in [0.15, 0.2) is 0 Å². The fourth-order valence-electron chi connectivity index (χ4n) is 2.54. The van der Waals surface area contributed by atoms with Gasteiger partial charge in [-0.1, -0.05) is 29.3 Å². The van der Waals surface area contributed by atoms with Crippen molar-refractivity contribution < 1.29 is 9.53 Å². The van der Waals surface area contributed by atoms with Gasteiger partial charge in [-0.3, -0.25) is 4.79 Å². The zero-order valence-corrected chi connectivity index (χ0v) is 14.1. The SMILES string of the molecule is Cc1ccc(O[C@H]2CCN(C(=O)c3cc(Cl)ccc3Cl)C2)nc1. The van der Waals surface area contributed by atoms with Crippen LogP contribution in [-0.2, 0) is 0 Å². The predicted molar refractivity (Wildman–Crippen MR) is 90.4 cm³/mol. The molecule has 0 bridgehead atoms. The average Bonchev–Trinajstić information content (AvgIpc) is 3.00. The number of aromatic nitrogens is 1. The maximum atomic E-state index is 12.6. The lowest BCUT2D eigenvalue weighted by Crippen LogP contribution is -2.31. The Morgan fingerprint density at radius 3 is 2.87 bits per heavy atom. The molecule has 23 heavy (non-hydrogen) atoms. The zero-order chi connectivity index (χ0) is 16.4. The quantitative estimate of drug-likeness (QED) is 0.840. The summed E-state index contributed by atoms with van der Waals surface area (Å²) in [4.78, 5) is 18.5. The number of amides is 1. The minimum absolute atomic E-state index is 0.0629. The van der Waals surface area contributed by atoms with E-state index in [4.69, 9.17) is 27.9 Å². The lowest BCUT2D eigenvalue weighted by molar-refractivity contribution is 0.0771. The molecule has 0 aliphatic carbocycles. The van der Waals surface area contributed by atoms with Crippen LogP contribution in [0.3, 0.4) is 0 Å². The van der Waals surface area contributed by atoms with E-state index in [-0.39, 0.29) is 12.0 Å². The third-order valence-electron chi connectivity index (χ3n) is 3.76. The van der Waals surface area contributed by atoms with E-state index in [2.05, 4.69) is 4.98 Å². The van der Waals surface area contributed by atoms with Crippen molar-refractivity contribution in [3.05, 3.63) is 57.7 Å². The third kappa shape index (κ3) is 3.77. The molecule has 0 saturated carbocycles. The van der Waals surface area contributed by atoms with Crippen LogP contribution in [0, 0.1) is 6.92 Å². The molecule has 1 aliphatic rings. The summed E-state index contributed by atoms with van der Waals surface area (Å²) in [5, 5.41) is 0.901. The first kappa shape index (κ1) is 16.1. The number of benzene rings is 1. The molecule has 1 aliphatic heterocycles. The van der Waals surface area contributed by atoms with Crippen LogP contribution in [0.4, 0.5) is 0 Å². The lowest BCUT2D eigenvalue weighted by atomic mass is 10.2. The van der Waals surface area contributed by atoms with Crippen LogP contribution in [0.2, 0.25) is 10.0 Å². The van der Waals surface area contributed by atoms with E-state index in [0.29, 0.717) is 34.6 Å². The largest absolute Gasteiger partial charge is 0.472 e. The summed E-state index contributed by atoms with van der Waals surface area (Å²) in [6.45, 7) is 3.11. The highest BCUT2D eigenvalue weighted by Gasteiger charge is 2.29. The maximum Gasteiger partial charge on any atom is 0.255 e. The molecule has 6 heteroatoms. The summed E-state index contributed by atoms with van der Waals surface area (Å²) in [6.07, 6.45) is 2.46. The van der Waals surface area contributed by atoms with E-state index in [0.717, 1.165) is 12.0 Å². The van der Waals surface area contributed by atoms with Crippen LogP contribution in [0.15, 0.2) is 36.5 Å². The van der Waals surface area contributed by atoms with Crippen LogP contribution in [0.1, 0.15) is 22.3 Å². The minimum atomic E-state index is -0.125. The second kappa shape index (κ2) is 6.77. The van der Waals surface area contributed by atoms with Gasteiger partial charge in [-0.2, -0.15) is 0 Å². The van der Waals surface area contributed by atoms with E-state index in [1.807, 2.05) is 19.1 Å². The Hall–Kier alpha value is -1.78. The molecule has 1 aromatic carbocycles. The number of pyridine rings is 1. The number of aryl methyl sites for hydroxylation is 1. The molecule has 2 heterocycles. The van der Waals surface area contributed by atoms with E-state index in [1.54, 1.807) is 29.3 Å². The Morgan fingerprint density at radius 2 is 2.13 bits per heavy atom. The minimum Gasteiger partial charge on any atom is -0.472 e. The van der Waals surface area contributed by atoms with Crippen LogP contribution in [0.25, 0.3) is 0 Å². The van der Waals surface area contributed by atoms with Gasteiger partial charge >= 0.3 is 0 Å². The smallest absolute Gasteiger partial charge is 0.255 e. The van der Waals surface area contributed by atoms with Gasteiger partial charge in [-0.25, -0.2) is 4.98 Å². The van der Waals surface area contributed by atoms with Gasteiger partial charge in [0.1, 0.15) is 6.10 Å². The van der Waals surface area contributed by atoms with Crippen molar-refractivity contribution in [2.75, 3.05) is 13.1 Å². The number of halogens is 2. The molecule has 3 rings (SSSR count). The van der Waals surface area contributed by atoms with Crippen LogP contribution >= 0.6 is 23.2 Å². The number of rotatable bonds is 3. The van der Waals surface area contributed by atoms with Crippen molar-refractivity contribution >= 4 is 29.1 Å². The van der Waals surface area contributed by atoms with Gasteiger partial charge in [-0.05, 0) is 30.7 Å². The molecule has 0 N–H and O–H groups in total. The summed E-state index contributed by atoms with van der Waals surface area (Å²) < 4.78 is 5.84. The van der Waals surface area contributed by atoms with Crippen LogP contribution in [-0.4, -0.2) is 35.0 Å². The first-order chi connectivity index (χ1) is 11.0. The van der Waals surface area contributed by atoms with E-state index in [9.17, 15) is 4.79 Å². The Bertz CT molecular complexity index is 719. The van der Waals surface area contributed by atoms with Crippen molar-refractivity contribution in [2.45, 2.75) is 19.4 Å². The van der Waals surface area contributed by atoms with Crippen molar-refractivity contribution in [1.82, 2.24) is 9.88 Å². The predicted octanol–water partition coefficient (Wildman–Crippen LogP) is 3.99. The Labute approximate surface area is 145 Å². The Morgan fingerprint density at radius 1 is 1.30 bits per heavy atom. The number of carbonyl (C=O) groups is 1. The summed E-state index contributed by atoms with van der Waals surface area (Å²) in [7, 11) is 0. The Balaban J connectivity index is 1.66. The van der Waals surface area contributed by atoms with Gasteiger partial charge in [0.05, 0.1) is 17.1 Å². The van der Waals surface area contributed by atoms with Gasteiger partial charge in [-0.15, -0.1) is 0 Å². The molecule has 120 valence electrons. The van der Waals surface area contributed by atoms with Crippen molar-refractivity contribution in [2.24, 2.45) is 0 Å². The fraction of sp³-hybridized carbons (Fsp3) is 0.294. The van der Waals surface area contributed by atoms with Crippen LogP contribution in [0.5, 0.6) is 5.88 Å². The van der Waals surface area contributed by atoms with Gasteiger partial charge in [0.2, 0.25) is 5.88 Å². The highest BCUT2D eigenvalue weighted by atomic mass is 35.5. The van der Waals surface area contributed by atoms with Gasteiger partial charge in [0, 0.05) is 30.3 Å². The van der Waals surface area contributed by atoms with E-state index in [1.165, 1.54) is 0 Å². The number of ether oxygens (including phenoxy) is 1. The molecule has 0 spiro atoms. The molecule has 1 saturated heterocycles. The average molecular weight is 351 g/mol. The molecular weight excluding hydrogens is 335 g/mol. The van der Waals surface area contributed by atoms with Crippen LogP contribution < -0.4 is 4.74 Å². The highest BCUT2D eigenvalue weighted by Crippen LogP contribution is 2.24. The number of carbonyl (C=O) groups excluding carboxylic acids is 1. The second-order valence-corrected chi connectivity index (χ2v) is 6.42. The molecule has 0 radical (unpaired) electrons. The summed E-state index contributed by atoms with van der Waals surface area (Å²) in [5.74, 6) is 0.455. The molecule has 4 nitrogen and oxygen atoms in total. The molecule has 1 fully saturated rings.